The maximum atomic E-state index is 12.2. The summed E-state index contributed by atoms with van der Waals surface area (Å²) in [5, 5.41) is 0. The largest absolute Gasteiger partial charge is 0.460 e. The quantitative estimate of drug-likeness (QED) is 0.640. The number of fused-ring (bicyclic) bond motifs is 1. The van der Waals surface area contributed by atoms with Crippen LogP contribution in [0.3, 0.4) is 0 Å². The summed E-state index contributed by atoms with van der Waals surface area (Å²) in [5.41, 5.74) is 0.473. The maximum Gasteiger partial charge on any atom is 0.344 e. The van der Waals surface area contributed by atoms with Crippen LogP contribution < -0.4 is 4.72 Å². The van der Waals surface area contributed by atoms with Gasteiger partial charge < -0.3 is 9.47 Å². The van der Waals surface area contributed by atoms with E-state index in [1.807, 2.05) is 0 Å². The average Bonchev–Trinajstić information content (AvgIpc) is 2.97. The SMILES string of the molecule is CC1CCC(C(C)C)C(OC(=O)COC(=O)CCN=C2NS(=O)(=O)c3ccccc32)C1. The van der Waals surface area contributed by atoms with Crippen molar-refractivity contribution in [1.29, 1.82) is 0 Å². The van der Waals surface area contributed by atoms with E-state index in [1.165, 1.54) is 6.07 Å². The average molecular weight is 451 g/mol. The third kappa shape index (κ3) is 5.84. The van der Waals surface area contributed by atoms with Gasteiger partial charge >= 0.3 is 11.9 Å². The fourth-order valence-corrected chi connectivity index (χ4v) is 5.43. The summed E-state index contributed by atoms with van der Waals surface area (Å²) in [6.45, 7) is 6.02. The molecule has 0 bridgehead atoms. The highest BCUT2D eigenvalue weighted by Crippen LogP contribution is 2.35. The summed E-state index contributed by atoms with van der Waals surface area (Å²) in [7, 11) is -3.61. The smallest absolute Gasteiger partial charge is 0.344 e. The van der Waals surface area contributed by atoms with Crippen molar-refractivity contribution >= 4 is 27.8 Å². The van der Waals surface area contributed by atoms with Crippen LogP contribution in [0.5, 0.6) is 0 Å². The molecule has 0 spiro atoms. The Kier molecular flexibility index (Phi) is 7.35. The predicted octanol–water partition coefficient (Wildman–Crippen LogP) is 2.66. The van der Waals surface area contributed by atoms with Gasteiger partial charge in [-0.15, -0.1) is 0 Å². The highest BCUT2D eigenvalue weighted by atomic mass is 32.2. The first-order valence-electron chi connectivity index (χ1n) is 10.7. The Morgan fingerprint density at radius 1 is 1.19 bits per heavy atom. The lowest BCUT2D eigenvalue weighted by molar-refractivity contribution is -0.167. The molecule has 0 radical (unpaired) electrons. The van der Waals surface area contributed by atoms with Gasteiger partial charge in [-0.2, -0.15) is 0 Å². The van der Waals surface area contributed by atoms with Gasteiger partial charge in [0.05, 0.1) is 17.9 Å². The van der Waals surface area contributed by atoms with Crippen LogP contribution >= 0.6 is 0 Å². The number of hydrogen-bond donors (Lipinski definition) is 1. The first kappa shape index (κ1) is 23.2. The highest BCUT2D eigenvalue weighted by molar-refractivity contribution is 7.90. The summed E-state index contributed by atoms with van der Waals surface area (Å²) in [4.78, 5) is 28.5. The molecule has 1 fully saturated rings. The van der Waals surface area contributed by atoms with Crippen LogP contribution in [0.4, 0.5) is 0 Å². The number of carbonyl (C=O) groups excluding carboxylic acids is 2. The van der Waals surface area contributed by atoms with Crippen molar-refractivity contribution in [2.75, 3.05) is 13.2 Å². The first-order chi connectivity index (χ1) is 14.7. The molecule has 1 aliphatic carbocycles. The van der Waals surface area contributed by atoms with Gasteiger partial charge in [0.25, 0.3) is 10.0 Å². The van der Waals surface area contributed by atoms with Crippen molar-refractivity contribution < 1.29 is 27.5 Å². The van der Waals surface area contributed by atoms with Gasteiger partial charge in [0, 0.05) is 5.56 Å². The lowest BCUT2D eigenvalue weighted by atomic mass is 9.75. The van der Waals surface area contributed by atoms with Gasteiger partial charge in [0.1, 0.15) is 11.9 Å². The summed E-state index contributed by atoms with van der Waals surface area (Å²) in [5.74, 6) is 0.325. The lowest BCUT2D eigenvalue weighted by Crippen LogP contribution is -2.36. The second kappa shape index (κ2) is 9.80. The molecule has 3 atom stereocenters. The molecule has 1 aromatic rings. The molecule has 1 heterocycles. The van der Waals surface area contributed by atoms with Crippen molar-refractivity contribution in [2.24, 2.45) is 22.7 Å². The molecule has 2 aliphatic rings. The van der Waals surface area contributed by atoms with Crippen LogP contribution in [0.25, 0.3) is 0 Å². The molecule has 0 aromatic heterocycles. The second-order valence-corrected chi connectivity index (χ2v) is 10.2. The molecule has 1 saturated carbocycles. The minimum Gasteiger partial charge on any atom is -0.460 e. The third-order valence-electron chi connectivity index (χ3n) is 5.84. The minimum absolute atomic E-state index is 0.0373. The molecule has 0 amide bonds. The number of sulfonamides is 1. The number of rotatable bonds is 7. The molecule has 31 heavy (non-hydrogen) atoms. The first-order valence-corrected chi connectivity index (χ1v) is 12.2. The van der Waals surface area contributed by atoms with E-state index in [4.69, 9.17) is 9.47 Å². The summed E-state index contributed by atoms with van der Waals surface area (Å²) in [6, 6.07) is 6.50. The Morgan fingerprint density at radius 2 is 1.94 bits per heavy atom. The number of ether oxygens (including phenoxy) is 2. The number of amidine groups is 1. The van der Waals surface area contributed by atoms with E-state index in [9.17, 15) is 18.0 Å². The Bertz CT molecular complexity index is 957. The number of nitrogens with one attached hydrogen (secondary N) is 1. The Morgan fingerprint density at radius 3 is 2.68 bits per heavy atom. The van der Waals surface area contributed by atoms with Crippen molar-refractivity contribution in [3.8, 4) is 0 Å². The molecular weight excluding hydrogens is 420 g/mol. The van der Waals surface area contributed by atoms with Gasteiger partial charge in [-0.05, 0) is 42.7 Å². The summed E-state index contributed by atoms with van der Waals surface area (Å²) in [6.07, 6.45) is 2.78. The molecule has 3 rings (SSSR count). The molecule has 0 saturated heterocycles. The van der Waals surface area contributed by atoms with E-state index < -0.39 is 28.6 Å². The number of esters is 2. The Balaban J connectivity index is 1.45. The fraction of sp³-hybridized carbons (Fsp3) is 0.591. The normalized spacial score (nSPS) is 25.7. The van der Waals surface area contributed by atoms with Crippen LogP contribution in [0.2, 0.25) is 0 Å². The predicted molar refractivity (Wildman–Crippen MR) is 115 cm³/mol. The zero-order chi connectivity index (χ0) is 22.6. The summed E-state index contributed by atoms with van der Waals surface area (Å²) < 4.78 is 37.1. The number of carbonyl (C=O) groups is 2. The number of aliphatic imine (C=N–C) groups is 1. The molecule has 1 aliphatic heterocycles. The van der Waals surface area contributed by atoms with Crippen LogP contribution in [-0.2, 0) is 29.1 Å². The van der Waals surface area contributed by atoms with Gasteiger partial charge in [0.15, 0.2) is 6.61 Å². The van der Waals surface area contributed by atoms with E-state index in [-0.39, 0.29) is 29.8 Å². The van der Waals surface area contributed by atoms with Crippen molar-refractivity contribution in [3.05, 3.63) is 29.8 Å². The molecule has 170 valence electrons. The topological polar surface area (TPSA) is 111 Å². The Hall–Kier alpha value is -2.42. The van der Waals surface area contributed by atoms with Crippen molar-refractivity contribution in [2.45, 2.75) is 57.5 Å². The van der Waals surface area contributed by atoms with Crippen molar-refractivity contribution in [3.63, 3.8) is 0 Å². The van der Waals surface area contributed by atoms with Crippen LogP contribution in [0.1, 0.15) is 52.0 Å². The van der Waals surface area contributed by atoms with Gasteiger partial charge in [-0.25, -0.2) is 13.2 Å². The maximum absolute atomic E-state index is 12.2. The number of hydrogen-bond acceptors (Lipinski definition) is 7. The molecule has 9 heteroatoms. The fourth-order valence-electron chi connectivity index (χ4n) is 4.17. The highest BCUT2D eigenvalue weighted by Gasteiger charge is 2.33. The van der Waals surface area contributed by atoms with Crippen LogP contribution in [-0.4, -0.2) is 45.4 Å². The molecular formula is C22H30N2O6S. The van der Waals surface area contributed by atoms with E-state index in [1.54, 1.807) is 18.2 Å². The molecule has 1 aromatic carbocycles. The van der Waals surface area contributed by atoms with Crippen LogP contribution in [0, 0.1) is 17.8 Å². The Labute approximate surface area is 183 Å². The van der Waals surface area contributed by atoms with E-state index in [0.717, 1.165) is 19.3 Å². The van der Waals surface area contributed by atoms with Gasteiger partial charge in [-0.1, -0.05) is 39.3 Å². The third-order valence-corrected chi connectivity index (χ3v) is 7.24. The minimum atomic E-state index is -3.61. The zero-order valence-corrected chi connectivity index (χ0v) is 19.0. The van der Waals surface area contributed by atoms with Crippen molar-refractivity contribution in [1.82, 2.24) is 4.72 Å². The lowest BCUT2D eigenvalue weighted by Gasteiger charge is -2.36. The molecule has 1 N–H and O–H groups in total. The van der Waals surface area contributed by atoms with E-state index in [0.29, 0.717) is 23.3 Å². The standard InChI is InChI=1S/C22H30N2O6S/c1-14(2)16-9-8-15(3)12-18(16)30-21(26)13-29-20(25)10-11-23-22-17-6-4-5-7-19(17)31(27,28)24-22/h4-7,14-16,18H,8-13H2,1-3H3,(H,23,24). The van der Waals surface area contributed by atoms with E-state index >= 15 is 0 Å². The number of nitrogens with zero attached hydrogens (tertiary/aromatic N) is 1. The van der Waals surface area contributed by atoms with Gasteiger partial charge in [0.2, 0.25) is 0 Å². The zero-order valence-electron chi connectivity index (χ0n) is 18.2. The monoisotopic (exact) mass is 450 g/mol. The second-order valence-electron chi connectivity index (χ2n) is 8.60. The van der Waals surface area contributed by atoms with Crippen LogP contribution in [0.15, 0.2) is 34.2 Å². The van der Waals surface area contributed by atoms with E-state index in [2.05, 4.69) is 30.5 Å². The molecule has 8 nitrogen and oxygen atoms in total. The van der Waals surface area contributed by atoms with Gasteiger partial charge in [-0.3, -0.25) is 14.5 Å². The summed E-state index contributed by atoms with van der Waals surface area (Å²) >= 11 is 0. The number of benzene rings is 1. The molecule has 3 unspecified atom stereocenters.